The molecule has 20 heavy (non-hydrogen) atoms. The first-order chi connectivity index (χ1) is 9.81. The second kappa shape index (κ2) is 6.06. The van der Waals surface area contributed by atoms with Crippen molar-refractivity contribution in [1.82, 2.24) is 4.90 Å². The molecule has 0 amide bonds. The molecular weight excluding hydrogens is 253 g/mol. The van der Waals surface area contributed by atoms with Gasteiger partial charge in [0, 0.05) is 6.54 Å². The minimum atomic E-state index is -0.336. The summed E-state index contributed by atoms with van der Waals surface area (Å²) < 4.78 is 19.2. The fourth-order valence-electron chi connectivity index (χ4n) is 2.56. The lowest BCUT2D eigenvalue weighted by Crippen LogP contribution is -2.18. The van der Waals surface area contributed by atoms with E-state index in [-0.39, 0.29) is 11.6 Å². The van der Waals surface area contributed by atoms with Crippen LogP contribution in [0.4, 0.5) is 4.39 Å². The van der Waals surface area contributed by atoms with E-state index >= 15 is 0 Å². The molecule has 0 atom stereocenters. The topological polar surface area (TPSA) is 12.5 Å². The summed E-state index contributed by atoms with van der Waals surface area (Å²) >= 11 is 0. The highest BCUT2D eigenvalue weighted by Crippen LogP contribution is 2.25. The zero-order chi connectivity index (χ0) is 13.8. The number of para-hydroxylation sites is 1. The normalized spacial score (nSPS) is 15.4. The molecule has 0 spiro atoms. The standard InChI is InChI=1S/C17H18FNO/c18-16-8-1-2-9-17(16)20-15-7-5-6-14(12-15)13-19-10-3-4-11-19/h1-2,5-9,12H,3-4,10-11,13H2. The number of ether oxygens (including phenoxy) is 1. The van der Waals surface area contributed by atoms with Crippen LogP contribution in [0, 0.1) is 5.82 Å². The number of hydrogen-bond donors (Lipinski definition) is 0. The Balaban J connectivity index is 1.72. The molecule has 2 aromatic rings. The first kappa shape index (κ1) is 13.1. The molecule has 0 bridgehead atoms. The molecular formula is C17H18FNO. The molecule has 1 fully saturated rings. The first-order valence-corrected chi connectivity index (χ1v) is 7.05. The third-order valence-corrected chi connectivity index (χ3v) is 3.57. The van der Waals surface area contributed by atoms with Gasteiger partial charge in [0.15, 0.2) is 11.6 Å². The van der Waals surface area contributed by atoms with Gasteiger partial charge < -0.3 is 4.74 Å². The second-order valence-electron chi connectivity index (χ2n) is 5.16. The van der Waals surface area contributed by atoms with E-state index in [0.717, 1.165) is 6.54 Å². The van der Waals surface area contributed by atoms with E-state index in [4.69, 9.17) is 4.74 Å². The van der Waals surface area contributed by atoms with Gasteiger partial charge in [-0.1, -0.05) is 24.3 Å². The Kier molecular flexibility index (Phi) is 3.97. The predicted octanol–water partition coefficient (Wildman–Crippen LogP) is 4.21. The Morgan fingerprint density at radius 2 is 1.80 bits per heavy atom. The summed E-state index contributed by atoms with van der Waals surface area (Å²) in [5, 5.41) is 0. The summed E-state index contributed by atoms with van der Waals surface area (Å²) in [4.78, 5) is 2.43. The van der Waals surface area contributed by atoms with E-state index in [1.54, 1.807) is 18.2 Å². The lowest BCUT2D eigenvalue weighted by molar-refractivity contribution is 0.330. The molecule has 3 rings (SSSR count). The van der Waals surface area contributed by atoms with Gasteiger partial charge in [0.2, 0.25) is 0 Å². The molecule has 0 N–H and O–H groups in total. The number of halogens is 1. The van der Waals surface area contributed by atoms with Crippen LogP contribution >= 0.6 is 0 Å². The van der Waals surface area contributed by atoms with Gasteiger partial charge in [-0.2, -0.15) is 0 Å². The summed E-state index contributed by atoms with van der Waals surface area (Å²) in [6.07, 6.45) is 2.57. The van der Waals surface area contributed by atoms with Crippen LogP contribution < -0.4 is 4.74 Å². The maximum absolute atomic E-state index is 13.6. The Hall–Kier alpha value is -1.87. The van der Waals surface area contributed by atoms with Crippen molar-refractivity contribution >= 4 is 0 Å². The van der Waals surface area contributed by atoms with Crippen molar-refractivity contribution in [2.24, 2.45) is 0 Å². The predicted molar refractivity (Wildman–Crippen MR) is 77.4 cm³/mol. The highest BCUT2D eigenvalue weighted by atomic mass is 19.1. The Morgan fingerprint density at radius 1 is 1.00 bits per heavy atom. The van der Waals surface area contributed by atoms with Gasteiger partial charge in [-0.05, 0) is 55.8 Å². The van der Waals surface area contributed by atoms with Crippen LogP contribution in [0.3, 0.4) is 0 Å². The third-order valence-electron chi connectivity index (χ3n) is 3.57. The van der Waals surface area contributed by atoms with Crippen LogP contribution in [0.2, 0.25) is 0 Å². The van der Waals surface area contributed by atoms with Crippen molar-refractivity contribution in [1.29, 1.82) is 0 Å². The number of likely N-dealkylation sites (tertiary alicyclic amines) is 1. The van der Waals surface area contributed by atoms with E-state index in [9.17, 15) is 4.39 Å². The average molecular weight is 271 g/mol. The quantitative estimate of drug-likeness (QED) is 0.825. The SMILES string of the molecule is Fc1ccccc1Oc1cccc(CN2CCCC2)c1. The fraction of sp³-hybridized carbons (Fsp3) is 0.294. The second-order valence-corrected chi connectivity index (χ2v) is 5.16. The smallest absolute Gasteiger partial charge is 0.165 e. The zero-order valence-electron chi connectivity index (χ0n) is 11.4. The van der Waals surface area contributed by atoms with E-state index in [1.807, 2.05) is 18.2 Å². The third kappa shape index (κ3) is 3.17. The van der Waals surface area contributed by atoms with Gasteiger partial charge in [0.05, 0.1) is 0 Å². The van der Waals surface area contributed by atoms with Crippen LogP contribution in [0.25, 0.3) is 0 Å². The highest BCUT2D eigenvalue weighted by Gasteiger charge is 2.12. The van der Waals surface area contributed by atoms with Crippen LogP contribution in [0.15, 0.2) is 48.5 Å². The van der Waals surface area contributed by atoms with Gasteiger partial charge in [-0.15, -0.1) is 0 Å². The number of benzene rings is 2. The molecule has 1 heterocycles. The number of hydrogen-bond acceptors (Lipinski definition) is 2. The molecule has 104 valence electrons. The van der Waals surface area contributed by atoms with Crippen molar-refractivity contribution < 1.29 is 9.13 Å². The van der Waals surface area contributed by atoms with Crippen molar-refractivity contribution in [3.8, 4) is 11.5 Å². The van der Waals surface area contributed by atoms with Gasteiger partial charge in [-0.3, -0.25) is 4.90 Å². The molecule has 1 aliphatic heterocycles. The average Bonchev–Trinajstić information content (AvgIpc) is 2.95. The summed E-state index contributed by atoms with van der Waals surface area (Å²) in [6, 6.07) is 14.4. The zero-order valence-corrected chi connectivity index (χ0v) is 11.4. The van der Waals surface area contributed by atoms with Crippen LogP contribution in [0.5, 0.6) is 11.5 Å². The van der Waals surface area contributed by atoms with Crippen molar-refractivity contribution in [2.75, 3.05) is 13.1 Å². The highest BCUT2D eigenvalue weighted by molar-refractivity contribution is 5.34. The monoisotopic (exact) mass is 271 g/mol. The number of nitrogens with zero attached hydrogens (tertiary/aromatic N) is 1. The maximum atomic E-state index is 13.6. The first-order valence-electron chi connectivity index (χ1n) is 7.05. The van der Waals surface area contributed by atoms with E-state index in [2.05, 4.69) is 11.0 Å². The van der Waals surface area contributed by atoms with Crippen LogP contribution in [0.1, 0.15) is 18.4 Å². The Morgan fingerprint density at radius 3 is 2.60 bits per heavy atom. The molecule has 1 aliphatic rings. The molecule has 0 unspecified atom stereocenters. The van der Waals surface area contributed by atoms with Gasteiger partial charge in [0.25, 0.3) is 0 Å². The maximum Gasteiger partial charge on any atom is 0.165 e. The summed E-state index contributed by atoms with van der Waals surface area (Å²) in [5.74, 6) is 0.620. The fourth-order valence-corrected chi connectivity index (χ4v) is 2.56. The van der Waals surface area contributed by atoms with Crippen molar-refractivity contribution in [3.05, 3.63) is 59.9 Å². The molecule has 2 nitrogen and oxygen atoms in total. The molecule has 0 aliphatic carbocycles. The molecule has 1 saturated heterocycles. The van der Waals surface area contributed by atoms with Crippen LogP contribution in [-0.4, -0.2) is 18.0 Å². The molecule has 0 aromatic heterocycles. The lowest BCUT2D eigenvalue weighted by Gasteiger charge is -2.15. The van der Waals surface area contributed by atoms with E-state index in [1.165, 1.54) is 37.6 Å². The van der Waals surface area contributed by atoms with E-state index < -0.39 is 0 Å². The minimum Gasteiger partial charge on any atom is -0.454 e. The van der Waals surface area contributed by atoms with Crippen molar-refractivity contribution in [3.63, 3.8) is 0 Å². The Labute approximate surface area is 118 Å². The molecule has 2 aromatic carbocycles. The van der Waals surface area contributed by atoms with Crippen molar-refractivity contribution in [2.45, 2.75) is 19.4 Å². The molecule has 0 radical (unpaired) electrons. The summed E-state index contributed by atoms with van der Waals surface area (Å²) in [5.41, 5.74) is 1.21. The molecule has 0 saturated carbocycles. The van der Waals surface area contributed by atoms with Crippen LogP contribution in [-0.2, 0) is 6.54 Å². The van der Waals surface area contributed by atoms with Gasteiger partial charge in [-0.25, -0.2) is 4.39 Å². The minimum absolute atomic E-state index is 0.269. The largest absolute Gasteiger partial charge is 0.454 e. The molecule has 3 heteroatoms. The lowest BCUT2D eigenvalue weighted by atomic mass is 10.2. The van der Waals surface area contributed by atoms with E-state index in [0.29, 0.717) is 5.75 Å². The summed E-state index contributed by atoms with van der Waals surface area (Å²) in [7, 11) is 0. The van der Waals surface area contributed by atoms with Gasteiger partial charge >= 0.3 is 0 Å². The number of rotatable bonds is 4. The summed E-state index contributed by atoms with van der Waals surface area (Å²) in [6.45, 7) is 3.27. The van der Waals surface area contributed by atoms with Gasteiger partial charge in [0.1, 0.15) is 5.75 Å². The Bertz CT molecular complexity index is 579.